The monoisotopic (exact) mass is 390 g/mol. The summed E-state index contributed by atoms with van der Waals surface area (Å²) >= 11 is 0. The number of hydrogen-bond donors (Lipinski definition) is 0. The Balaban J connectivity index is 2.00. The van der Waals surface area contributed by atoms with Crippen LogP contribution < -0.4 is 0 Å². The van der Waals surface area contributed by atoms with Crippen molar-refractivity contribution in [2.24, 2.45) is 7.05 Å². The lowest BCUT2D eigenvalue weighted by Gasteiger charge is -2.37. The van der Waals surface area contributed by atoms with E-state index in [2.05, 4.69) is 5.10 Å². The van der Waals surface area contributed by atoms with E-state index in [0.717, 1.165) is 11.3 Å². The molecule has 5 nitrogen and oxygen atoms in total. The van der Waals surface area contributed by atoms with Crippen molar-refractivity contribution in [3.8, 4) is 0 Å². The lowest BCUT2D eigenvalue weighted by Crippen LogP contribution is -2.62. The van der Waals surface area contributed by atoms with Crippen molar-refractivity contribution >= 4 is 5.91 Å². The highest BCUT2D eigenvalue weighted by Gasteiger charge is 2.76. The average Bonchev–Trinajstić information content (AvgIpc) is 2.83. The number of alkyl halides is 7. The van der Waals surface area contributed by atoms with Gasteiger partial charge < -0.3 is 4.90 Å². The summed E-state index contributed by atoms with van der Waals surface area (Å²) in [7, 11) is 1.72. The highest BCUT2D eigenvalue weighted by Crippen LogP contribution is 2.47. The maximum absolute atomic E-state index is 13.5. The standard InChI is InChI=1S/C14H17F7N4O/c1-9-10(7-23(2)22-9)8-24-3-5-25(6-4-24)11(26)12(15,16)13(17,18)14(19,20)21/h7H,3-6,8H2,1-2H3. The van der Waals surface area contributed by atoms with Crippen LogP contribution in [0.4, 0.5) is 30.7 Å². The largest absolute Gasteiger partial charge is 0.460 e. The van der Waals surface area contributed by atoms with Crippen LogP contribution in [0.5, 0.6) is 0 Å². The highest BCUT2D eigenvalue weighted by molar-refractivity contribution is 5.85. The summed E-state index contributed by atoms with van der Waals surface area (Å²) in [6, 6.07) is 0. The Morgan fingerprint density at radius 2 is 1.62 bits per heavy atom. The van der Waals surface area contributed by atoms with Gasteiger partial charge in [-0.15, -0.1) is 0 Å². The van der Waals surface area contributed by atoms with E-state index in [1.165, 1.54) is 0 Å². The van der Waals surface area contributed by atoms with E-state index in [0.29, 0.717) is 11.4 Å². The third-order valence-corrected chi connectivity index (χ3v) is 4.19. The fourth-order valence-corrected chi connectivity index (χ4v) is 2.66. The molecule has 1 amide bonds. The third kappa shape index (κ3) is 3.64. The number of nitrogens with zero attached hydrogens (tertiary/aromatic N) is 4. The normalized spacial score (nSPS) is 17.7. The van der Waals surface area contributed by atoms with Crippen LogP contribution in [0.1, 0.15) is 11.3 Å². The second-order valence-electron chi connectivity index (χ2n) is 6.13. The second-order valence-corrected chi connectivity index (χ2v) is 6.13. The second kappa shape index (κ2) is 6.71. The molecule has 0 atom stereocenters. The molecule has 0 bridgehead atoms. The summed E-state index contributed by atoms with van der Waals surface area (Å²) in [6.45, 7) is 1.55. The first-order valence-corrected chi connectivity index (χ1v) is 7.60. The van der Waals surface area contributed by atoms with Crippen LogP contribution in [-0.2, 0) is 18.4 Å². The highest BCUT2D eigenvalue weighted by atomic mass is 19.4. The predicted octanol–water partition coefficient (Wildman–Crippen LogP) is 2.21. The molecule has 1 fully saturated rings. The molecule has 0 aliphatic carbocycles. The molecule has 1 aromatic heterocycles. The molecule has 0 spiro atoms. The molecule has 1 aliphatic heterocycles. The van der Waals surface area contributed by atoms with Crippen LogP contribution in [0.15, 0.2) is 6.20 Å². The van der Waals surface area contributed by atoms with Gasteiger partial charge in [0.2, 0.25) is 0 Å². The molecule has 0 radical (unpaired) electrons. The van der Waals surface area contributed by atoms with Crippen molar-refractivity contribution in [3.63, 3.8) is 0 Å². The van der Waals surface area contributed by atoms with Crippen molar-refractivity contribution in [2.45, 2.75) is 31.5 Å². The summed E-state index contributed by atoms with van der Waals surface area (Å²) in [5, 5.41) is 4.14. The lowest BCUT2D eigenvalue weighted by atomic mass is 10.1. The minimum Gasteiger partial charge on any atom is -0.335 e. The first-order chi connectivity index (χ1) is 11.8. The number of piperazine rings is 1. The molecular weight excluding hydrogens is 373 g/mol. The van der Waals surface area contributed by atoms with Gasteiger partial charge >= 0.3 is 18.0 Å². The van der Waals surface area contributed by atoms with Crippen LogP contribution >= 0.6 is 0 Å². The molecule has 0 saturated carbocycles. The average molecular weight is 390 g/mol. The Hall–Kier alpha value is -1.85. The first kappa shape index (κ1) is 20.5. The van der Waals surface area contributed by atoms with E-state index >= 15 is 0 Å². The molecular formula is C14H17F7N4O. The molecule has 1 aromatic rings. The van der Waals surface area contributed by atoms with Gasteiger partial charge in [-0.3, -0.25) is 14.4 Å². The van der Waals surface area contributed by atoms with Crippen LogP contribution in [0.2, 0.25) is 0 Å². The van der Waals surface area contributed by atoms with Gasteiger partial charge in [-0.2, -0.15) is 35.8 Å². The van der Waals surface area contributed by atoms with E-state index in [4.69, 9.17) is 0 Å². The lowest BCUT2D eigenvalue weighted by molar-refractivity contribution is -0.346. The van der Waals surface area contributed by atoms with Gasteiger partial charge in [-0.25, -0.2) is 0 Å². The molecule has 1 saturated heterocycles. The molecule has 0 N–H and O–H groups in total. The maximum atomic E-state index is 13.5. The zero-order valence-corrected chi connectivity index (χ0v) is 14.0. The van der Waals surface area contributed by atoms with Crippen molar-refractivity contribution < 1.29 is 35.5 Å². The smallest absolute Gasteiger partial charge is 0.335 e. The SMILES string of the molecule is Cc1nn(C)cc1CN1CCN(C(=O)C(F)(F)C(F)(F)C(F)(F)F)CC1. The van der Waals surface area contributed by atoms with Gasteiger partial charge in [-0.1, -0.05) is 0 Å². The minimum absolute atomic E-state index is 0.0632. The number of carbonyl (C=O) groups is 1. The molecule has 1 aliphatic rings. The van der Waals surface area contributed by atoms with E-state index < -0.39 is 23.9 Å². The first-order valence-electron chi connectivity index (χ1n) is 7.60. The van der Waals surface area contributed by atoms with Gasteiger partial charge in [-0.05, 0) is 6.92 Å². The number of amides is 1. The van der Waals surface area contributed by atoms with Crippen molar-refractivity contribution in [3.05, 3.63) is 17.5 Å². The van der Waals surface area contributed by atoms with E-state index in [-0.39, 0.29) is 26.2 Å². The zero-order valence-electron chi connectivity index (χ0n) is 14.0. The molecule has 0 aromatic carbocycles. The number of rotatable bonds is 4. The van der Waals surface area contributed by atoms with Gasteiger partial charge in [0.25, 0.3) is 5.91 Å². The van der Waals surface area contributed by atoms with Gasteiger partial charge in [0.15, 0.2) is 0 Å². The van der Waals surface area contributed by atoms with Crippen LogP contribution in [-0.4, -0.2) is 69.7 Å². The van der Waals surface area contributed by atoms with Crippen molar-refractivity contribution in [1.82, 2.24) is 19.6 Å². The number of carbonyl (C=O) groups excluding carboxylic acids is 1. The van der Waals surface area contributed by atoms with Crippen LogP contribution in [0, 0.1) is 6.92 Å². The Kier molecular flexibility index (Phi) is 5.28. The third-order valence-electron chi connectivity index (χ3n) is 4.19. The Morgan fingerprint density at radius 1 is 1.08 bits per heavy atom. The zero-order chi connectivity index (χ0) is 19.9. The Labute approximate surface area is 144 Å². The van der Waals surface area contributed by atoms with Gasteiger partial charge in [0.1, 0.15) is 0 Å². The Bertz CT molecular complexity index is 663. The molecule has 0 unspecified atom stereocenters. The molecule has 12 heteroatoms. The summed E-state index contributed by atoms with van der Waals surface area (Å²) < 4.78 is 91.1. The summed E-state index contributed by atoms with van der Waals surface area (Å²) in [6.07, 6.45) is -4.77. The van der Waals surface area contributed by atoms with E-state index in [1.54, 1.807) is 29.7 Å². The number of aromatic nitrogens is 2. The number of aryl methyl sites for hydroxylation is 2. The summed E-state index contributed by atoms with van der Waals surface area (Å²) in [4.78, 5) is 13.7. The van der Waals surface area contributed by atoms with Gasteiger partial charge in [0, 0.05) is 51.5 Å². The fraction of sp³-hybridized carbons (Fsp3) is 0.714. The van der Waals surface area contributed by atoms with Crippen LogP contribution in [0.25, 0.3) is 0 Å². The van der Waals surface area contributed by atoms with E-state index in [1.807, 2.05) is 0 Å². The Morgan fingerprint density at radius 3 is 2.04 bits per heavy atom. The number of hydrogen-bond acceptors (Lipinski definition) is 3. The molecule has 2 heterocycles. The fourth-order valence-electron chi connectivity index (χ4n) is 2.66. The summed E-state index contributed by atoms with van der Waals surface area (Å²) in [5.74, 6) is -14.8. The minimum atomic E-state index is -6.52. The predicted molar refractivity (Wildman–Crippen MR) is 75.8 cm³/mol. The molecule has 26 heavy (non-hydrogen) atoms. The maximum Gasteiger partial charge on any atom is 0.460 e. The van der Waals surface area contributed by atoms with Gasteiger partial charge in [0.05, 0.1) is 5.69 Å². The molecule has 148 valence electrons. The quantitative estimate of drug-likeness (QED) is 0.741. The van der Waals surface area contributed by atoms with Crippen LogP contribution in [0.3, 0.4) is 0 Å². The number of halogens is 7. The van der Waals surface area contributed by atoms with E-state index in [9.17, 15) is 35.5 Å². The topological polar surface area (TPSA) is 41.4 Å². The summed E-state index contributed by atoms with van der Waals surface area (Å²) in [5.41, 5.74) is 1.61. The van der Waals surface area contributed by atoms with Crippen molar-refractivity contribution in [1.29, 1.82) is 0 Å². The van der Waals surface area contributed by atoms with Crippen molar-refractivity contribution in [2.75, 3.05) is 26.2 Å². The molecule has 2 rings (SSSR count).